The number of hydroxylamine groups is 1. The van der Waals surface area contributed by atoms with Gasteiger partial charge in [0.15, 0.2) is 0 Å². The minimum atomic E-state index is -1.31. The largest absolute Gasteiger partial charge is 0.368 e. The molecule has 0 aliphatic rings. The number of carbonyl (C=O) groups excluding carboxylic acids is 3. The zero-order chi connectivity index (χ0) is 24.8. The number of carbonyl (C=O) groups is 3. The van der Waals surface area contributed by atoms with Crippen molar-refractivity contribution in [3.8, 4) is 0 Å². The lowest BCUT2D eigenvalue weighted by molar-refractivity contribution is -0.151. The van der Waals surface area contributed by atoms with Gasteiger partial charge in [-0.1, -0.05) is 52.0 Å². The Morgan fingerprint density at radius 3 is 2.30 bits per heavy atom. The standard InChI is InChI=1S/C24H32FN3O5/c1-5-10-33-19(23(31)28-32)18(22(30)27-20(21(26)29)24(2,3)4)12-14-6-7-16-13-17(25)9-8-15(16)11-14/h6-9,11,13,18-20,32H,5,10,12H2,1-4H3,(H2,26,29)(H,27,30)(H,28,31)/t18-,19+,20-/m1/s1. The molecule has 0 heterocycles. The number of fused-ring (bicyclic) bond motifs is 1. The molecular formula is C24H32FN3O5. The summed E-state index contributed by atoms with van der Waals surface area (Å²) in [6.45, 7) is 7.29. The zero-order valence-electron chi connectivity index (χ0n) is 19.4. The third-order valence-electron chi connectivity index (χ3n) is 5.33. The maximum Gasteiger partial charge on any atom is 0.273 e. The van der Waals surface area contributed by atoms with Crippen LogP contribution in [0.5, 0.6) is 0 Å². The van der Waals surface area contributed by atoms with Gasteiger partial charge in [0, 0.05) is 6.61 Å². The van der Waals surface area contributed by atoms with Crippen LogP contribution in [0, 0.1) is 17.2 Å². The molecule has 2 aromatic carbocycles. The summed E-state index contributed by atoms with van der Waals surface area (Å²) < 4.78 is 19.1. The molecule has 2 rings (SSSR count). The van der Waals surface area contributed by atoms with Crippen LogP contribution in [0.4, 0.5) is 4.39 Å². The molecule has 0 saturated carbocycles. The van der Waals surface area contributed by atoms with Crippen LogP contribution < -0.4 is 16.5 Å². The predicted molar refractivity (Wildman–Crippen MR) is 122 cm³/mol. The first-order valence-corrected chi connectivity index (χ1v) is 10.8. The maximum atomic E-state index is 13.5. The predicted octanol–water partition coefficient (Wildman–Crippen LogP) is 2.45. The van der Waals surface area contributed by atoms with Gasteiger partial charge in [0.2, 0.25) is 11.8 Å². The highest BCUT2D eigenvalue weighted by atomic mass is 19.1. The minimum absolute atomic E-state index is 0.0660. The molecule has 3 amide bonds. The van der Waals surface area contributed by atoms with E-state index >= 15 is 0 Å². The molecule has 0 unspecified atom stereocenters. The van der Waals surface area contributed by atoms with Crippen molar-refractivity contribution in [1.29, 1.82) is 0 Å². The van der Waals surface area contributed by atoms with Crippen molar-refractivity contribution >= 4 is 28.5 Å². The van der Waals surface area contributed by atoms with Crippen molar-refractivity contribution in [3.63, 3.8) is 0 Å². The summed E-state index contributed by atoms with van der Waals surface area (Å²) in [6.07, 6.45) is -0.666. The fourth-order valence-corrected chi connectivity index (χ4v) is 3.63. The smallest absolute Gasteiger partial charge is 0.273 e. The number of primary amides is 1. The van der Waals surface area contributed by atoms with E-state index in [1.54, 1.807) is 50.5 Å². The lowest BCUT2D eigenvalue weighted by atomic mass is 9.85. The van der Waals surface area contributed by atoms with Gasteiger partial charge in [-0.15, -0.1) is 0 Å². The normalized spacial score (nSPS) is 14.4. The number of halogens is 1. The van der Waals surface area contributed by atoms with Gasteiger partial charge in [-0.05, 0) is 46.7 Å². The molecule has 0 spiro atoms. The van der Waals surface area contributed by atoms with Gasteiger partial charge in [-0.2, -0.15) is 0 Å². The molecule has 0 saturated heterocycles. The topological polar surface area (TPSA) is 131 Å². The molecule has 0 aromatic heterocycles. The van der Waals surface area contributed by atoms with E-state index in [4.69, 9.17) is 10.5 Å². The number of benzene rings is 2. The van der Waals surface area contributed by atoms with Crippen molar-refractivity contribution in [1.82, 2.24) is 10.8 Å². The molecule has 2 aromatic rings. The van der Waals surface area contributed by atoms with Crippen molar-refractivity contribution in [2.24, 2.45) is 17.1 Å². The Labute approximate surface area is 192 Å². The monoisotopic (exact) mass is 461 g/mol. The zero-order valence-corrected chi connectivity index (χ0v) is 19.4. The molecular weight excluding hydrogens is 429 g/mol. The fourth-order valence-electron chi connectivity index (χ4n) is 3.63. The Hall–Kier alpha value is -3.04. The Bertz CT molecular complexity index is 1010. The van der Waals surface area contributed by atoms with Crippen molar-refractivity contribution in [2.45, 2.75) is 52.7 Å². The van der Waals surface area contributed by atoms with Gasteiger partial charge < -0.3 is 15.8 Å². The van der Waals surface area contributed by atoms with Crippen LogP contribution in [0.3, 0.4) is 0 Å². The van der Waals surface area contributed by atoms with E-state index in [-0.39, 0.29) is 18.8 Å². The second kappa shape index (κ2) is 11.2. The molecule has 0 aliphatic heterocycles. The molecule has 9 heteroatoms. The number of hydrogen-bond acceptors (Lipinski definition) is 5. The minimum Gasteiger partial charge on any atom is -0.368 e. The van der Waals surface area contributed by atoms with E-state index in [0.29, 0.717) is 17.4 Å². The first-order valence-electron chi connectivity index (χ1n) is 10.8. The first kappa shape index (κ1) is 26.2. The number of hydrogen-bond donors (Lipinski definition) is 4. The molecule has 180 valence electrons. The number of nitrogens with one attached hydrogen (secondary N) is 2. The third kappa shape index (κ3) is 6.97. The highest BCUT2D eigenvalue weighted by molar-refractivity contribution is 5.92. The lowest BCUT2D eigenvalue weighted by Gasteiger charge is -2.32. The van der Waals surface area contributed by atoms with E-state index in [9.17, 15) is 24.0 Å². The van der Waals surface area contributed by atoms with Crippen LogP contribution >= 0.6 is 0 Å². The summed E-state index contributed by atoms with van der Waals surface area (Å²) in [6, 6.07) is 8.61. The number of ether oxygens (including phenoxy) is 1. The number of amides is 3. The summed E-state index contributed by atoms with van der Waals surface area (Å²) in [5.74, 6) is -3.64. The summed E-state index contributed by atoms with van der Waals surface area (Å²) in [5, 5.41) is 13.3. The molecule has 3 atom stereocenters. The Kier molecular flexibility index (Phi) is 8.90. The van der Waals surface area contributed by atoms with E-state index in [1.807, 2.05) is 6.92 Å². The van der Waals surface area contributed by atoms with Crippen LogP contribution in [0.25, 0.3) is 10.8 Å². The van der Waals surface area contributed by atoms with E-state index in [1.165, 1.54) is 12.1 Å². The van der Waals surface area contributed by atoms with Gasteiger partial charge in [0.1, 0.15) is 18.0 Å². The van der Waals surface area contributed by atoms with Crippen molar-refractivity contribution in [3.05, 3.63) is 47.8 Å². The molecule has 5 N–H and O–H groups in total. The van der Waals surface area contributed by atoms with Crippen LogP contribution in [0.15, 0.2) is 36.4 Å². The van der Waals surface area contributed by atoms with Gasteiger partial charge in [0.25, 0.3) is 5.91 Å². The fraction of sp³-hybridized carbons (Fsp3) is 0.458. The molecule has 0 radical (unpaired) electrons. The van der Waals surface area contributed by atoms with E-state index < -0.39 is 41.2 Å². The van der Waals surface area contributed by atoms with E-state index in [0.717, 1.165) is 5.39 Å². The molecule has 8 nitrogen and oxygen atoms in total. The Morgan fingerprint density at radius 1 is 1.09 bits per heavy atom. The van der Waals surface area contributed by atoms with Gasteiger partial charge in [-0.25, -0.2) is 9.87 Å². The highest BCUT2D eigenvalue weighted by Gasteiger charge is 2.39. The van der Waals surface area contributed by atoms with Gasteiger partial charge in [0.05, 0.1) is 5.92 Å². The Morgan fingerprint density at radius 2 is 1.73 bits per heavy atom. The molecule has 33 heavy (non-hydrogen) atoms. The average molecular weight is 462 g/mol. The molecule has 0 fully saturated rings. The van der Waals surface area contributed by atoms with Crippen LogP contribution in [0.1, 0.15) is 39.7 Å². The molecule has 0 bridgehead atoms. The summed E-state index contributed by atoms with van der Waals surface area (Å²) in [5.41, 5.74) is 7.09. The molecule has 0 aliphatic carbocycles. The van der Waals surface area contributed by atoms with Gasteiger partial charge >= 0.3 is 0 Å². The maximum absolute atomic E-state index is 13.5. The second-order valence-electron chi connectivity index (χ2n) is 9.11. The number of rotatable bonds is 10. The van der Waals surface area contributed by atoms with Crippen LogP contribution in [-0.2, 0) is 25.5 Å². The summed E-state index contributed by atoms with van der Waals surface area (Å²) >= 11 is 0. The van der Waals surface area contributed by atoms with Crippen molar-refractivity contribution < 1.29 is 28.7 Å². The quantitative estimate of drug-likeness (QED) is 0.319. The van der Waals surface area contributed by atoms with Crippen LogP contribution in [0.2, 0.25) is 0 Å². The van der Waals surface area contributed by atoms with Crippen LogP contribution in [-0.4, -0.2) is 41.7 Å². The van der Waals surface area contributed by atoms with Crippen molar-refractivity contribution in [2.75, 3.05) is 6.61 Å². The average Bonchev–Trinajstić information content (AvgIpc) is 2.75. The first-order chi connectivity index (χ1) is 15.5. The Balaban J connectivity index is 2.44. The third-order valence-corrected chi connectivity index (χ3v) is 5.33. The number of nitrogens with two attached hydrogens (primary N) is 1. The van der Waals surface area contributed by atoms with E-state index in [2.05, 4.69) is 5.32 Å². The summed E-state index contributed by atoms with van der Waals surface area (Å²) in [4.78, 5) is 37.7. The van der Waals surface area contributed by atoms with Gasteiger partial charge in [-0.3, -0.25) is 19.6 Å². The second-order valence-corrected chi connectivity index (χ2v) is 9.11. The SMILES string of the molecule is CCCO[C@H](C(=O)NO)[C@@H](Cc1ccc2cc(F)ccc2c1)C(=O)N[C@H](C(N)=O)C(C)(C)C. The highest BCUT2D eigenvalue weighted by Crippen LogP contribution is 2.24. The lowest BCUT2D eigenvalue weighted by Crippen LogP contribution is -2.56. The summed E-state index contributed by atoms with van der Waals surface area (Å²) in [7, 11) is 0.